The summed E-state index contributed by atoms with van der Waals surface area (Å²) in [6.45, 7) is 0.191. The van der Waals surface area contributed by atoms with E-state index in [0.29, 0.717) is 18.9 Å². The van der Waals surface area contributed by atoms with Gasteiger partial charge in [0.25, 0.3) is 0 Å². The third-order valence-electron chi connectivity index (χ3n) is 3.37. The lowest BCUT2D eigenvalue weighted by Gasteiger charge is -2.31. The number of carbonyl (C=O) groups is 1. The van der Waals surface area contributed by atoms with Crippen LogP contribution in [0.1, 0.15) is 12.8 Å². The first-order valence-corrected chi connectivity index (χ1v) is 6.14. The van der Waals surface area contributed by atoms with Crippen molar-refractivity contribution >= 4 is 11.9 Å². The van der Waals surface area contributed by atoms with Gasteiger partial charge >= 0.3 is 6.03 Å². The fourth-order valence-corrected chi connectivity index (χ4v) is 2.33. The van der Waals surface area contributed by atoms with E-state index in [1.165, 1.54) is 4.90 Å². The molecule has 19 heavy (non-hydrogen) atoms. The minimum absolute atomic E-state index is 0.269. The molecule has 3 aliphatic heterocycles. The van der Waals surface area contributed by atoms with Gasteiger partial charge in [-0.15, -0.1) is 0 Å². The molecule has 3 rings (SSSR count). The second kappa shape index (κ2) is 4.80. The lowest BCUT2D eigenvalue weighted by molar-refractivity contribution is -0.0536. The molecule has 0 aromatic heterocycles. The predicted molar refractivity (Wildman–Crippen MR) is 62.8 cm³/mol. The van der Waals surface area contributed by atoms with E-state index in [1.807, 2.05) is 0 Å². The van der Waals surface area contributed by atoms with Gasteiger partial charge in [0.2, 0.25) is 0 Å². The van der Waals surface area contributed by atoms with E-state index in [9.17, 15) is 9.90 Å². The summed E-state index contributed by atoms with van der Waals surface area (Å²) in [4.78, 5) is 18.2. The van der Waals surface area contributed by atoms with Gasteiger partial charge in [-0.05, 0) is 0 Å². The van der Waals surface area contributed by atoms with Crippen LogP contribution >= 0.6 is 0 Å². The summed E-state index contributed by atoms with van der Waals surface area (Å²) in [5.74, 6) is 0.421. The van der Waals surface area contributed by atoms with Crippen molar-refractivity contribution in [2.75, 3.05) is 13.2 Å². The van der Waals surface area contributed by atoms with Crippen LogP contribution in [0.5, 0.6) is 0 Å². The van der Waals surface area contributed by atoms with Gasteiger partial charge in [-0.25, -0.2) is 4.79 Å². The van der Waals surface area contributed by atoms with Crippen LogP contribution in [-0.2, 0) is 9.57 Å². The number of aliphatic hydroxyl groups excluding tert-OH is 2. The van der Waals surface area contributed by atoms with Crippen LogP contribution in [0.3, 0.4) is 0 Å². The first kappa shape index (κ1) is 12.4. The van der Waals surface area contributed by atoms with Gasteiger partial charge in [0, 0.05) is 24.6 Å². The van der Waals surface area contributed by atoms with E-state index in [4.69, 9.17) is 14.7 Å². The topological polar surface area (TPSA) is 104 Å². The summed E-state index contributed by atoms with van der Waals surface area (Å²) >= 11 is 0. The monoisotopic (exact) mass is 269 g/mol. The fraction of sp³-hybridized carbons (Fsp3) is 0.636. The Bertz CT molecular complexity index is 450. The van der Waals surface area contributed by atoms with Crippen molar-refractivity contribution in [1.29, 1.82) is 0 Å². The van der Waals surface area contributed by atoms with Crippen molar-refractivity contribution in [3.8, 4) is 0 Å². The third-order valence-corrected chi connectivity index (χ3v) is 3.37. The van der Waals surface area contributed by atoms with Crippen LogP contribution in [-0.4, -0.2) is 58.6 Å². The first-order valence-electron chi connectivity index (χ1n) is 6.14. The molecule has 1 fully saturated rings. The predicted octanol–water partition coefficient (Wildman–Crippen LogP) is -0.903. The van der Waals surface area contributed by atoms with Crippen molar-refractivity contribution in [3.63, 3.8) is 0 Å². The maximum Gasteiger partial charge on any atom is 0.329 e. The Balaban J connectivity index is 1.80. The van der Waals surface area contributed by atoms with Gasteiger partial charge in [0.1, 0.15) is 18.9 Å². The summed E-state index contributed by atoms with van der Waals surface area (Å²) in [5, 5.41) is 25.1. The van der Waals surface area contributed by atoms with Crippen molar-refractivity contribution in [2.24, 2.45) is 5.16 Å². The standard InChI is InChI=1S/C11H15N3O5/c15-5-8-7(16)3-9(19-8)14-4-6-1-2-18-13-10(6)12-11(14)17/h4,7-9,15-16H,1-3,5H2,(H,12,13,17)/t7?,8-,9-/m1/s1. The van der Waals surface area contributed by atoms with Gasteiger partial charge in [0.05, 0.1) is 12.7 Å². The number of urea groups is 1. The van der Waals surface area contributed by atoms with Crippen LogP contribution in [0, 0.1) is 0 Å². The Kier molecular flexibility index (Phi) is 3.13. The summed E-state index contributed by atoms with van der Waals surface area (Å²) in [5.41, 5.74) is 0.858. The number of aliphatic hydroxyl groups is 2. The van der Waals surface area contributed by atoms with Crippen molar-refractivity contribution in [1.82, 2.24) is 10.2 Å². The van der Waals surface area contributed by atoms with Crippen molar-refractivity contribution < 1.29 is 24.6 Å². The Labute approximate surface area is 109 Å². The van der Waals surface area contributed by atoms with E-state index in [1.54, 1.807) is 6.20 Å². The van der Waals surface area contributed by atoms with Crippen LogP contribution in [0.25, 0.3) is 0 Å². The van der Waals surface area contributed by atoms with Crippen molar-refractivity contribution in [2.45, 2.75) is 31.3 Å². The molecular weight excluding hydrogens is 254 g/mol. The molecular formula is C11H15N3O5. The molecule has 8 nitrogen and oxygen atoms in total. The fourth-order valence-electron chi connectivity index (χ4n) is 2.33. The minimum atomic E-state index is -0.772. The number of ether oxygens (including phenoxy) is 1. The highest BCUT2D eigenvalue weighted by molar-refractivity contribution is 6.09. The van der Waals surface area contributed by atoms with E-state index < -0.39 is 18.4 Å². The van der Waals surface area contributed by atoms with Crippen LogP contribution < -0.4 is 5.32 Å². The zero-order valence-corrected chi connectivity index (χ0v) is 10.2. The van der Waals surface area contributed by atoms with Crippen molar-refractivity contribution in [3.05, 3.63) is 11.8 Å². The molecule has 0 radical (unpaired) electrons. The number of hydrogen-bond donors (Lipinski definition) is 3. The molecule has 0 aliphatic carbocycles. The number of carbonyl (C=O) groups excluding carboxylic acids is 1. The zero-order chi connectivity index (χ0) is 13.4. The second-order valence-corrected chi connectivity index (χ2v) is 4.63. The van der Waals surface area contributed by atoms with Crippen LogP contribution in [0.15, 0.2) is 16.9 Å². The van der Waals surface area contributed by atoms with E-state index >= 15 is 0 Å². The summed E-state index contributed by atoms with van der Waals surface area (Å²) < 4.78 is 5.46. The average Bonchev–Trinajstić information content (AvgIpc) is 2.79. The van der Waals surface area contributed by atoms with E-state index in [2.05, 4.69) is 10.5 Å². The number of rotatable bonds is 2. The Morgan fingerprint density at radius 2 is 2.42 bits per heavy atom. The average molecular weight is 269 g/mol. The smallest absolute Gasteiger partial charge is 0.329 e. The minimum Gasteiger partial charge on any atom is -0.394 e. The molecule has 1 saturated heterocycles. The van der Waals surface area contributed by atoms with Gasteiger partial charge in [0.15, 0.2) is 5.84 Å². The summed E-state index contributed by atoms with van der Waals surface area (Å²) in [6, 6.07) is -0.385. The highest BCUT2D eigenvalue weighted by Gasteiger charge is 2.40. The molecule has 3 aliphatic rings. The molecule has 3 N–H and O–H groups in total. The lowest BCUT2D eigenvalue weighted by atomic mass is 10.1. The maximum absolute atomic E-state index is 11.9. The number of nitrogens with zero attached hydrogens (tertiary/aromatic N) is 2. The molecule has 0 bridgehead atoms. The second-order valence-electron chi connectivity index (χ2n) is 4.63. The third kappa shape index (κ3) is 2.18. The normalized spacial score (nSPS) is 34.1. The molecule has 0 spiro atoms. The first-order chi connectivity index (χ1) is 9.19. The SMILES string of the molecule is O=C1NC2=NOCCC2=CN1[C@H]1CC(O)[C@@H](CO)O1. The number of hydrogen-bond acceptors (Lipinski definition) is 6. The number of amidine groups is 1. The lowest BCUT2D eigenvalue weighted by Crippen LogP contribution is -2.50. The van der Waals surface area contributed by atoms with E-state index in [-0.39, 0.29) is 19.1 Å². The Morgan fingerprint density at radius 1 is 1.58 bits per heavy atom. The quantitative estimate of drug-likeness (QED) is 0.602. The molecule has 0 aromatic carbocycles. The summed E-state index contributed by atoms with van der Waals surface area (Å²) in [7, 11) is 0. The number of nitrogens with one attached hydrogen (secondary N) is 1. The van der Waals surface area contributed by atoms with Gasteiger partial charge in [-0.3, -0.25) is 10.2 Å². The van der Waals surface area contributed by atoms with E-state index in [0.717, 1.165) is 5.57 Å². The molecule has 8 heteroatoms. The highest BCUT2D eigenvalue weighted by Crippen LogP contribution is 2.26. The Morgan fingerprint density at radius 3 is 3.16 bits per heavy atom. The highest BCUT2D eigenvalue weighted by atomic mass is 16.6. The largest absolute Gasteiger partial charge is 0.394 e. The molecule has 1 unspecified atom stereocenters. The zero-order valence-electron chi connectivity index (χ0n) is 10.2. The van der Waals surface area contributed by atoms with Crippen LogP contribution in [0.4, 0.5) is 4.79 Å². The van der Waals surface area contributed by atoms with Gasteiger partial charge in [-0.2, -0.15) is 0 Å². The molecule has 2 amide bonds. The Hall–Kier alpha value is -1.64. The van der Waals surface area contributed by atoms with Gasteiger partial charge in [-0.1, -0.05) is 5.16 Å². The van der Waals surface area contributed by atoms with Gasteiger partial charge < -0.3 is 19.8 Å². The number of amides is 2. The molecule has 104 valence electrons. The number of fused-ring (bicyclic) bond motifs is 1. The summed E-state index contributed by atoms with van der Waals surface area (Å²) in [6.07, 6.45) is 0.577. The molecule has 3 heterocycles. The maximum atomic E-state index is 11.9. The van der Waals surface area contributed by atoms with Crippen LogP contribution in [0.2, 0.25) is 0 Å². The molecule has 0 aromatic rings. The molecule has 0 saturated carbocycles. The number of oxime groups is 1. The molecule has 3 atom stereocenters.